The van der Waals surface area contributed by atoms with Gasteiger partial charge in [-0.1, -0.05) is 12.8 Å². The second-order valence-corrected chi connectivity index (χ2v) is 10.7. The molecule has 0 aromatic rings. The van der Waals surface area contributed by atoms with Crippen LogP contribution in [-0.2, 0) is 18.1 Å². The fourth-order valence-electron chi connectivity index (χ4n) is 3.35. The van der Waals surface area contributed by atoms with Gasteiger partial charge in [0.05, 0.1) is 25.3 Å². The predicted molar refractivity (Wildman–Crippen MR) is 104 cm³/mol. The van der Waals surface area contributed by atoms with Crippen molar-refractivity contribution in [1.29, 1.82) is 5.26 Å². The molecule has 26 heavy (non-hydrogen) atoms. The highest BCUT2D eigenvalue weighted by molar-refractivity contribution is 7.53. The molecule has 0 aromatic heterocycles. The van der Waals surface area contributed by atoms with Gasteiger partial charge in [0.2, 0.25) is 0 Å². The summed E-state index contributed by atoms with van der Waals surface area (Å²) in [5.74, 6) is 1.00. The highest BCUT2D eigenvalue weighted by atomic mass is 31.2. The van der Waals surface area contributed by atoms with Crippen LogP contribution in [0.1, 0.15) is 52.4 Å². The monoisotopic (exact) mass is 408 g/mol. The molecule has 1 rings (SSSR count). The minimum Gasteiger partial charge on any atom is -0.338 e. The van der Waals surface area contributed by atoms with Crippen molar-refractivity contribution in [2.75, 3.05) is 33.5 Å². The van der Waals surface area contributed by atoms with Gasteiger partial charge in [-0.2, -0.15) is 5.26 Å². The highest BCUT2D eigenvalue weighted by Gasteiger charge is 2.30. The van der Waals surface area contributed by atoms with Crippen LogP contribution >= 0.6 is 16.1 Å². The third kappa shape index (κ3) is 8.31. The molecular formula is C17H34N2O5P2. The summed E-state index contributed by atoms with van der Waals surface area (Å²) in [6.07, 6.45) is 6.08. The van der Waals surface area contributed by atoms with Gasteiger partial charge in [0.15, 0.2) is 0 Å². The summed E-state index contributed by atoms with van der Waals surface area (Å²) >= 11 is 0. The minimum atomic E-state index is -2.92. The fourth-order valence-corrected chi connectivity index (χ4v) is 5.88. The molecule has 0 aliphatic heterocycles. The number of nitriles is 1. The Hall–Kier alpha value is -0.0500. The molecule has 1 unspecified atom stereocenters. The SMILES string of the molecule is COP(=O)(CC1CCC(CCN(C(C)C)P(O)OCCC#N)CC1)OC. The molecule has 1 aliphatic rings. The lowest BCUT2D eigenvalue weighted by atomic mass is 9.81. The molecule has 1 saturated carbocycles. The van der Waals surface area contributed by atoms with Crippen molar-refractivity contribution in [3.05, 3.63) is 0 Å². The van der Waals surface area contributed by atoms with Crippen LogP contribution in [0.25, 0.3) is 0 Å². The molecule has 1 N–H and O–H groups in total. The molecule has 0 heterocycles. The molecule has 0 saturated heterocycles. The zero-order valence-corrected chi connectivity index (χ0v) is 18.3. The van der Waals surface area contributed by atoms with E-state index >= 15 is 0 Å². The van der Waals surface area contributed by atoms with Gasteiger partial charge in [-0.15, -0.1) is 0 Å². The fraction of sp³-hybridized carbons (Fsp3) is 0.941. The highest BCUT2D eigenvalue weighted by Crippen LogP contribution is 2.50. The van der Waals surface area contributed by atoms with E-state index in [9.17, 15) is 9.46 Å². The number of hydrogen-bond acceptors (Lipinski definition) is 7. The summed E-state index contributed by atoms with van der Waals surface area (Å²) < 4.78 is 29.8. The third-order valence-electron chi connectivity index (χ3n) is 5.01. The van der Waals surface area contributed by atoms with E-state index in [1.54, 1.807) is 0 Å². The first-order valence-electron chi connectivity index (χ1n) is 9.31. The molecule has 7 nitrogen and oxygen atoms in total. The molecule has 0 aromatic carbocycles. The first-order chi connectivity index (χ1) is 12.3. The second kappa shape index (κ2) is 12.4. The minimum absolute atomic E-state index is 0.193. The summed E-state index contributed by atoms with van der Waals surface area (Å²) in [6, 6.07) is 2.21. The lowest BCUT2D eigenvalue weighted by Crippen LogP contribution is -2.30. The van der Waals surface area contributed by atoms with E-state index in [1.807, 2.05) is 24.6 Å². The van der Waals surface area contributed by atoms with E-state index in [0.717, 1.165) is 38.6 Å². The molecule has 9 heteroatoms. The molecule has 0 amide bonds. The molecule has 1 aliphatic carbocycles. The van der Waals surface area contributed by atoms with Crippen molar-refractivity contribution in [3.8, 4) is 6.07 Å². The lowest BCUT2D eigenvalue weighted by molar-refractivity contribution is 0.208. The Morgan fingerprint density at radius 2 is 1.81 bits per heavy atom. The average molecular weight is 408 g/mol. The van der Waals surface area contributed by atoms with E-state index in [2.05, 4.69) is 0 Å². The smallest absolute Gasteiger partial charge is 0.330 e. The predicted octanol–water partition coefficient (Wildman–Crippen LogP) is 4.53. The van der Waals surface area contributed by atoms with Crippen molar-refractivity contribution >= 4 is 16.1 Å². The van der Waals surface area contributed by atoms with Crippen LogP contribution in [0.15, 0.2) is 0 Å². The standard InChI is InChI=1S/C17H34N2O5P2/c1-15(2)19(25(20)24-13-5-11-18)12-10-16-6-8-17(9-7-16)14-26(21,22-3)23-4/h15-17,20H,5-10,12-14H2,1-4H3. The Bertz CT molecular complexity index is 470. The normalized spacial score (nSPS) is 22.5. The Morgan fingerprint density at radius 3 is 2.31 bits per heavy atom. The van der Waals surface area contributed by atoms with E-state index < -0.39 is 16.1 Å². The maximum atomic E-state index is 12.3. The summed E-state index contributed by atoms with van der Waals surface area (Å²) in [5, 5.41) is 8.57. The van der Waals surface area contributed by atoms with Gasteiger partial charge in [-0.05, 0) is 44.9 Å². The summed E-state index contributed by atoms with van der Waals surface area (Å²) in [5.41, 5.74) is 0. The molecule has 0 spiro atoms. The van der Waals surface area contributed by atoms with Crippen molar-refractivity contribution < 1.29 is 23.0 Å². The number of hydrogen-bond donors (Lipinski definition) is 1. The summed E-state index contributed by atoms with van der Waals surface area (Å²) in [7, 11) is -1.67. The van der Waals surface area contributed by atoms with Crippen LogP contribution in [0, 0.1) is 23.2 Å². The van der Waals surface area contributed by atoms with Crippen LogP contribution < -0.4 is 0 Å². The van der Waals surface area contributed by atoms with Gasteiger partial charge in [0.25, 0.3) is 8.53 Å². The molecular weight excluding hydrogens is 374 g/mol. The van der Waals surface area contributed by atoms with Gasteiger partial charge in [0, 0.05) is 26.8 Å². The molecule has 1 fully saturated rings. The van der Waals surface area contributed by atoms with Crippen LogP contribution in [0.5, 0.6) is 0 Å². The maximum absolute atomic E-state index is 12.3. The van der Waals surface area contributed by atoms with Gasteiger partial charge in [-0.25, -0.2) is 4.67 Å². The van der Waals surface area contributed by atoms with Gasteiger partial charge < -0.3 is 18.5 Å². The van der Waals surface area contributed by atoms with Crippen molar-refractivity contribution in [1.82, 2.24) is 4.67 Å². The van der Waals surface area contributed by atoms with Crippen molar-refractivity contribution in [3.63, 3.8) is 0 Å². The van der Waals surface area contributed by atoms with Crippen molar-refractivity contribution in [2.24, 2.45) is 11.8 Å². The van der Waals surface area contributed by atoms with Crippen LogP contribution in [0.3, 0.4) is 0 Å². The largest absolute Gasteiger partial charge is 0.338 e. The van der Waals surface area contributed by atoms with Gasteiger partial charge in [0.1, 0.15) is 0 Å². The Labute approximate surface area is 159 Å². The molecule has 152 valence electrons. The zero-order valence-electron chi connectivity index (χ0n) is 16.5. The van der Waals surface area contributed by atoms with Crippen LogP contribution in [-0.4, -0.2) is 49.1 Å². The van der Waals surface area contributed by atoms with Crippen LogP contribution in [0.4, 0.5) is 0 Å². The third-order valence-corrected chi connectivity index (χ3v) is 8.60. The summed E-state index contributed by atoms with van der Waals surface area (Å²) in [4.78, 5) is 10.3. The number of nitrogens with zero attached hydrogens (tertiary/aromatic N) is 2. The maximum Gasteiger partial charge on any atom is 0.330 e. The van der Waals surface area contributed by atoms with Gasteiger partial charge >= 0.3 is 7.60 Å². The topological polar surface area (TPSA) is 92.0 Å². The first-order valence-corrected chi connectivity index (χ1v) is 12.2. The van der Waals surface area contributed by atoms with Crippen molar-refractivity contribution in [2.45, 2.75) is 58.4 Å². The quantitative estimate of drug-likeness (QED) is 0.375. The molecule has 0 bridgehead atoms. The molecule has 0 radical (unpaired) electrons. The molecule has 1 atom stereocenters. The van der Waals surface area contributed by atoms with E-state index in [4.69, 9.17) is 18.8 Å². The Balaban J connectivity index is 2.39. The van der Waals surface area contributed by atoms with E-state index in [1.165, 1.54) is 14.2 Å². The first kappa shape index (κ1) is 24.0. The second-order valence-electron chi connectivity index (χ2n) is 7.08. The van der Waals surface area contributed by atoms with E-state index in [-0.39, 0.29) is 12.6 Å². The zero-order chi connectivity index (χ0) is 19.6. The van der Waals surface area contributed by atoms with Crippen LogP contribution in [0.2, 0.25) is 0 Å². The Kier molecular flexibility index (Phi) is 11.5. The number of rotatable bonds is 12. The average Bonchev–Trinajstić information content (AvgIpc) is 2.63. The summed E-state index contributed by atoms with van der Waals surface area (Å²) in [6.45, 7) is 5.15. The lowest BCUT2D eigenvalue weighted by Gasteiger charge is -2.33. The van der Waals surface area contributed by atoms with Gasteiger partial charge in [-0.3, -0.25) is 4.57 Å². The Morgan fingerprint density at radius 1 is 1.23 bits per heavy atom. The van der Waals surface area contributed by atoms with E-state index in [0.29, 0.717) is 24.4 Å².